The molecule has 0 atom stereocenters. The maximum absolute atomic E-state index is 12.5. The Morgan fingerprint density at radius 1 is 1.26 bits per heavy atom. The fourth-order valence-electron chi connectivity index (χ4n) is 2.65. The van der Waals surface area contributed by atoms with E-state index in [2.05, 4.69) is 34.1 Å². The summed E-state index contributed by atoms with van der Waals surface area (Å²) in [6.07, 6.45) is 5.53. The average molecular weight is 310 g/mol. The van der Waals surface area contributed by atoms with E-state index in [1.165, 1.54) is 10.9 Å². The largest absolute Gasteiger partial charge is 0.346 e. The minimum Gasteiger partial charge on any atom is -0.346 e. The normalized spacial score (nSPS) is 11.3. The lowest BCUT2D eigenvalue weighted by atomic mass is 10.2. The molecule has 0 bridgehead atoms. The Kier molecular flexibility index (Phi) is 4.19. The summed E-state index contributed by atoms with van der Waals surface area (Å²) in [4.78, 5) is 14.2. The second kappa shape index (κ2) is 6.28. The quantitative estimate of drug-likeness (QED) is 0.726. The van der Waals surface area contributed by atoms with Gasteiger partial charge in [-0.2, -0.15) is 5.10 Å². The van der Waals surface area contributed by atoms with Crippen molar-refractivity contribution in [3.8, 4) is 0 Å². The second-order valence-corrected chi connectivity index (χ2v) is 6.10. The van der Waals surface area contributed by atoms with Crippen LogP contribution in [0.25, 0.3) is 10.9 Å². The zero-order valence-electron chi connectivity index (χ0n) is 13.8. The van der Waals surface area contributed by atoms with Crippen molar-refractivity contribution < 1.29 is 4.79 Å². The highest BCUT2D eigenvalue weighted by atomic mass is 16.2. The molecule has 2 aromatic heterocycles. The van der Waals surface area contributed by atoms with E-state index >= 15 is 0 Å². The number of likely N-dealkylation sites (N-methyl/N-ethyl adjacent to an activating group) is 1. The van der Waals surface area contributed by atoms with Gasteiger partial charge in [-0.15, -0.1) is 0 Å². The topological polar surface area (TPSA) is 43.1 Å². The number of benzene rings is 1. The van der Waals surface area contributed by atoms with Gasteiger partial charge < -0.3 is 9.47 Å². The molecule has 0 aliphatic rings. The molecule has 23 heavy (non-hydrogen) atoms. The van der Waals surface area contributed by atoms with E-state index in [1.807, 2.05) is 39.2 Å². The Morgan fingerprint density at radius 3 is 2.78 bits per heavy atom. The molecule has 5 heteroatoms. The van der Waals surface area contributed by atoms with Gasteiger partial charge in [0.2, 0.25) is 0 Å². The van der Waals surface area contributed by atoms with Gasteiger partial charge in [0.25, 0.3) is 5.91 Å². The van der Waals surface area contributed by atoms with Gasteiger partial charge in [0, 0.05) is 44.1 Å². The lowest BCUT2D eigenvalue weighted by molar-refractivity contribution is 0.0790. The summed E-state index contributed by atoms with van der Waals surface area (Å²) in [6.45, 7) is 5.52. The third kappa shape index (κ3) is 3.13. The molecule has 0 spiro atoms. The van der Waals surface area contributed by atoms with E-state index in [0.29, 0.717) is 12.1 Å². The van der Waals surface area contributed by atoms with Crippen molar-refractivity contribution >= 4 is 16.8 Å². The van der Waals surface area contributed by atoms with E-state index in [0.717, 1.165) is 6.54 Å². The molecule has 0 aliphatic carbocycles. The second-order valence-electron chi connectivity index (χ2n) is 6.10. The van der Waals surface area contributed by atoms with E-state index in [4.69, 9.17) is 0 Å². The first-order valence-corrected chi connectivity index (χ1v) is 7.90. The van der Waals surface area contributed by atoms with Crippen LogP contribution in [-0.4, -0.2) is 38.7 Å². The summed E-state index contributed by atoms with van der Waals surface area (Å²) >= 11 is 0. The van der Waals surface area contributed by atoms with Crippen LogP contribution in [0.3, 0.4) is 0 Å². The van der Waals surface area contributed by atoms with Crippen molar-refractivity contribution in [2.24, 2.45) is 0 Å². The van der Waals surface area contributed by atoms with E-state index < -0.39 is 0 Å². The minimum atomic E-state index is 0.00774. The third-order valence-corrected chi connectivity index (χ3v) is 4.08. The Balaban J connectivity index is 1.66. The Labute approximate surface area is 136 Å². The van der Waals surface area contributed by atoms with Gasteiger partial charge in [0.1, 0.15) is 0 Å². The first kappa shape index (κ1) is 15.3. The van der Waals surface area contributed by atoms with E-state index in [-0.39, 0.29) is 11.9 Å². The summed E-state index contributed by atoms with van der Waals surface area (Å²) < 4.78 is 3.98. The predicted octanol–water partition coefficient (Wildman–Crippen LogP) is 3.19. The zero-order chi connectivity index (χ0) is 16.4. The van der Waals surface area contributed by atoms with E-state index in [1.54, 1.807) is 15.8 Å². The first-order valence-electron chi connectivity index (χ1n) is 7.90. The van der Waals surface area contributed by atoms with Crippen molar-refractivity contribution in [3.63, 3.8) is 0 Å². The number of amides is 1. The molecule has 0 radical (unpaired) electrons. The van der Waals surface area contributed by atoms with Crippen LogP contribution in [0.1, 0.15) is 30.2 Å². The monoisotopic (exact) mass is 310 g/mol. The molecule has 1 aromatic carbocycles. The first-order chi connectivity index (χ1) is 11.1. The van der Waals surface area contributed by atoms with Crippen LogP contribution >= 0.6 is 0 Å². The van der Waals surface area contributed by atoms with Gasteiger partial charge >= 0.3 is 0 Å². The fourth-order valence-corrected chi connectivity index (χ4v) is 2.65. The third-order valence-electron chi connectivity index (χ3n) is 4.08. The van der Waals surface area contributed by atoms with E-state index in [9.17, 15) is 4.79 Å². The highest BCUT2D eigenvalue weighted by molar-refractivity contribution is 5.93. The lowest BCUT2D eigenvalue weighted by Gasteiger charge is -2.17. The molecule has 5 nitrogen and oxygen atoms in total. The molecule has 2 heterocycles. The van der Waals surface area contributed by atoms with Crippen LogP contribution in [0.4, 0.5) is 0 Å². The molecule has 0 saturated carbocycles. The van der Waals surface area contributed by atoms with Crippen LogP contribution in [0.15, 0.2) is 48.9 Å². The van der Waals surface area contributed by atoms with Gasteiger partial charge in [-0.05, 0) is 31.4 Å². The molecule has 1 amide bonds. The van der Waals surface area contributed by atoms with Crippen LogP contribution < -0.4 is 0 Å². The number of hydrogen-bond donors (Lipinski definition) is 0. The highest BCUT2D eigenvalue weighted by Gasteiger charge is 2.14. The number of hydrogen-bond acceptors (Lipinski definition) is 2. The molecule has 0 unspecified atom stereocenters. The van der Waals surface area contributed by atoms with Crippen LogP contribution in [0.5, 0.6) is 0 Å². The summed E-state index contributed by atoms with van der Waals surface area (Å²) in [5.74, 6) is 0.00774. The molecule has 0 saturated heterocycles. The molecular formula is C18H22N4O. The summed E-state index contributed by atoms with van der Waals surface area (Å²) in [5, 5.41) is 5.46. The average Bonchev–Trinajstić information content (AvgIpc) is 3.19. The summed E-state index contributed by atoms with van der Waals surface area (Å²) in [7, 11) is 1.83. The van der Waals surface area contributed by atoms with Crippen molar-refractivity contribution in [3.05, 3.63) is 54.5 Å². The summed E-state index contributed by atoms with van der Waals surface area (Å²) in [6, 6.07) is 10.6. The Bertz CT molecular complexity index is 815. The molecule has 0 aliphatic heterocycles. The number of fused-ring (bicyclic) bond motifs is 1. The van der Waals surface area contributed by atoms with Crippen molar-refractivity contribution in [1.29, 1.82) is 0 Å². The Hall–Kier alpha value is -2.56. The number of carbonyl (C=O) groups is 1. The molecule has 3 aromatic rings. The summed E-state index contributed by atoms with van der Waals surface area (Å²) in [5.41, 5.74) is 1.83. The van der Waals surface area contributed by atoms with Gasteiger partial charge in [-0.25, -0.2) is 0 Å². The SMILES string of the molecule is CC(C)n1cc(C(=O)N(C)CCn2ccc3ccccc32)cn1. The molecule has 120 valence electrons. The van der Waals surface area contributed by atoms with Gasteiger partial charge in [0.05, 0.1) is 11.8 Å². The van der Waals surface area contributed by atoms with Crippen LogP contribution in [-0.2, 0) is 6.54 Å². The number of para-hydroxylation sites is 1. The maximum Gasteiger partial charge on any atom is 0.256 e. The fraction of sp³-hybridized carbons (Fsp3) is 0.333. The zero-order valence-corrected chi connectivity index (χ0v) is 13.8. The maximum atomic E-state index is 12.5. The lowest BCUT2D eigenvalue weighted by Crippen LogP contribution is -2.29. The van der Waals surface area contributed by atoms with Gasteiger partial charge in [-0.3, -0.25) is 9.48 Å². The molecule has 3 rings (SSSR count). The highest BCUT2D eigenvalue weighted by Crippen LogP contribution is 2.15. The molecule has 0 fully saturated rings. The van der Waals surface area contributed by atoms with Crippen LogP contribution in [0.2, 0.25) is 0 Å². The number of rotatable bonds is 5. The van der Waals surface area contributed by atoms with Gasteiger partial charge in [-0.1, -0.05) is 18.2 Å². The smallest absolute Gasteiger partial charge is 0.256 e. The van der Waals surface area contributed by atoms with Crippen LogP contribution in [0, 0.1) is 0 Å². The van der Waals surface area contributed by atoms with Gasteiger partial charge in [0.15, 0.2) is 0 Å². The number of aromatic nitrogens is 3. The molecular weight excluding hydrogens is 288 g/mol. The standard InChI is InChI=1S/C18H22N4O/c1-14(2)22-13-16(12-19-22)18(23)20(3)10-11-21-9-8-15-6-4-5-7-17(15)21/h4-9,12-14H,10-11H2,1-3H3. The van der Waals surface area contributed by atoms with Crippen molar-refractivity contribution in [2.75, 3.05) is 13.6 Å². The van der Waals surface area contributed by atoms with Crippen molar-refractivity contribution in [2.45, 2.75) is 26.4 Å². The number of carbonyl (C=O) groups excluding carboxylic acids is 1. The van der Waals surface area contributed by atoms with Crippen molar-refractivity contribution in [1.82, 2.24) is 19.2 Å². The molecule has 0 N–H and O–H groups in total. The number of nitrogens with zero attached hydrogens (tertiary/aromatic N) is 4. The minimum absolute atomic E-state index is 0.00774. The predicted molar refractivity (Wildman–Crippen MR) is 91.5 cm³/mol. The Morgan fingerprint density at radius 2 is 2.04 bits per heavy atom.